The molecule has 3 atom stereocenters. The van der Waals surface area contributed by atoms with Crippen LogP contribution in [0.15, 0.2) is 18.2 Å². The minimum Gasteiger partial charge on any atom is -0.480 e. The molecule has 1 aromatic carbocycles. The number of nitrogens with one attached hydrogen (secondary N) is 1. The van der Waals surface area contributed by atoms with Gasteiger partial charge in [0.1, 0.15) is 12.1 Å². The Morgan fingerprint density at radius 3 is 2.03 bits per heavy atom. The fourth-order valence-corrected chi connectivity index (χ4v) is 3.15. The number of carbonyl (C=O) groups is 4. The third-order valence-corrected chi connectivity index (χ3v) is 5.07. The number of rotatable bonds is 16. The first-order valence-corrected chi connectivity index (χ1v) is 12.6. The van der Waals surface area contributed by atoms with E-state index in [4.69, 9.17) is 23.7 Å². The molecule has 0 spiro atoms. The van der Waals surface area contributed by atoms with Crippen LogP contribution >= 0.6 is 0 Å². The molecule has 2 unspecified atom stereocenters. The van der Waals surface area contributed by atoms with Gasteiger partial charge in [-0.3, -0.25) is 9.59 Å². The number of carboxylic acid groups (broad SMARTS) is 1. The summed E-state index contributed by atoms with van der Waals surface area (Å²) in [6.07, 6.45) is 0.252. The maximum absolute atomic E-state index is 12.1. The van der Waals surface area contributed by atoms with Crippen LogP contribution in [0.1, 0.15) is 65.9 Å². The van der Waals surface area contributed by atoms with Crippen LogP contribution in [0, 0.1) is 5.92 Å². The van der Waals surface area contributed by atoms with Crippen LogP contribution in [0.5, 0.6) is 11.5 Å². The molecule has 0 amide bonds. The van der Waals surface area contributed by atoms with Gasteiger partial charge in [0.25, 0.3) is 0 Å². The topological polar surface area (TPSA) is 147 Å². The summed E-state index contributed by atoms with van der Waals surface area (Å²) in [7, 11) is 0. The lowest BCUT2D eigenvalue weighted by Gasteiger charge is -2.20. The quantitative estimate of drug-likeness (QED) is 0.179. The number of esters is 1. The summed E-state index contributed by atoms with van der Waals surface area (Å²) < 4.78 is 25.6. The molecule has 0 aliphatic heterocycles. The van der Waals surface area contributed by atoms with Gasteiger partial charge in [0.15, 0.2) is 11.5 Å². The molecule has 37 heavy (non-hydrogen) atoms. The van der Waals surface area contributed by atoms with Crippen molar-refractivity contribution in [1.29, 1.82) is 0 Å². The van der Waals surface area contributed by atoms with Gasteiger partial charge in [-0.05, 0) is 50.3 Å². The van der Waals surface area contributed by atoms with Crippen LogP contribution in [0.3, 0.4) is 0 Å². The van der Waals surface area contributed by atoms with Gasteiger partial charge in [0.2, 0.25) is 0 Å². The SMILES string of the molecule is CCCOC(=O)Oc1ccc(C[C@H](NCC(C)OC(=O)C(C)CCC)C(=O)O)cc1OC(=O)OCCC. The number of benzene rings is 1. The summed E-state index contributed by atoms with van der Waals surface area (Å²) in [4.78, 5) is 47.9. The standard InChI is InChI=1S/C26H39NO10/c1-6-9-17(4)24(30)35-18(5)16-27-20(23(28)29)14-19-10-11-21(36-25(31)33-12-7-2)22(15-19)37-26(32)34-13-8-3/h10-11,15,17-18,20,27H,6-9,12-14,16H2,1-5H3,(H,28,29)/t17?,18?,20-/m0/s1. The first-order chi connectivity index (χ1) is 17.6. The number of carbonyl (C=O) groups excluding carboxylic acids is 3. The van der Waals surface area contributed by atoms with Gasteiger partial charge < -0.3 is 34.1 Å². The van der Waals surface area contributed by atoms with E-state index >= 15 is 0 Å². The predicted octanol–water partition coefficient (Wildman–Crippen LogP) is 4.49. The van der Waals surface area contributed by atoms with E-state index in [-0.39, 0.29) is 49.6 Å². The number of hydrogen-bond acceptors (Lipinski definition) is 10. The maximum atomic E-state index is 12.1. The average Bonchev–Trinajstić information content (AvgIpc) is 2.85. The highest BCUT2D eigenvalue weighted by molar-refractivity contribution is 5.74. The van der Waals surface area contributed by atoms with Crippen molar-refractivity contribution in [2.75, 3.05) is 19.8 Å². The van der Waals surface area contributed by atoms with E-state index in [1.165, 1.54) is 12.1 Å². The Balaban J connectivity index is 2.94. The van der Waals surface area contributed by atoms with E-state index < -0.39 is 30.4 Å². The summed E-state index contributed by atoms with van der Waals surface area (Å²) in [5, 5.41) is 12.6. The first-order valence-electron chi connectivity index (χ1n) is 12.6. The second-order valence-electron chi connectivity index (χ2n) is 8.62. The number of aliphatic carboxylic acids is 1. The number of hydrogen-bond donors (Lipinski definition) is 2. The molecule has 208 valence electrons. The Bertz CT molecular complexity index is 888. The van der Waals surface area contributed by atoms with Crippen molar-refractivity contribution >= 4 is 24.2 Å². The van der Waals surface area contributed by atoms with E-state index in [0.717, 1.165) is 6.42 Å². The van der Waals surface area contributed by atoms with Crippen molar-refractivity contribution in [3.8, 4) is 11.5 Å². The lowest BCUT2D eigenvalue weighted by Crippen LogP contribution is -2.43. The Kier molecular flexibility index (Phi) is 14.7. The summed E-state index contributed by atoms with van der Waals surface area (Å²) in [6.45, 7) is 9.51. The zero-order valence-corrected chi connectivity index (χ0v) is 22.2. The molecule has 0 bridgehead atoms. The lowest BCUT2D eigenvalue weighted by atomic mass is 10.0. The first kappa shape index (κ1) is 31.7. The van der Waals surface area contributed by atoms with Crippen LogP contribution in [-0.4, -0.2) is 61.3 Å². The predicted molar refractivity (Wildman–Crippen MR) is 134 cm³/mol. The van der Waals surface area contributed by atoms with E-state index in [2.05, 4.69) is 5.32 Å². The number of ether oxygens (including phenoxy) is 5. The summed E-state index contributed by atoms with van der Waals surface area (Å²) >= 11 is 0. The van der Waals surface area contributed by atoms with Crippen molar-refractivity contribution in [1.82, 2.24) is 5.32 Å². The molecule has 0 saturated carbocycles. The Labute approximate surface area is 217 Å². The van der Waals surface area contributed by atoms with E-state index in [1.54, 1.807) is 19.9 Å². The molecule has 0 saturated heterocycles. The molecule has 1 rings (SSSR count). The van der Waals surface area contributed by atoms with Crippen LogP contribution in [0.2, 0.25) is 0 Å². The molecule has 0 fully saturated rings. The zero-order chi connectivity index (χ0) is 27.8. The minimum absolute atomic E-state index is 0.00314. The highest BCUT2D eigenvalue weighted by Gasteiger charge is 2.23. The molecule has 1 aromatic rings. The van der Waals surface area contributed by atoms with Gasteiger partial charge in [-0.25, -0.2) is 9.59 Å². The van der Waals surface area contributed by atoms with Crippen molar-refractivity contribution in [2.24, 2.45) is 5.92 Å². The van der Waals surface area contributed by atoms with Gasteiger partial charge in [0.05, 0.1) is 19.1 Å². The lowest BCUT2D eigenvalue weighted by molar-refractivity contribution is -0.152. The summed E-state index contributed by atoms with van der Waals surface area (Å²) in [6, 6.07) is 3.28. The van der Waals surface area contributed by atoms with Gasteiger partial charge in [-0.2, -0.15) is 0 Å². The molecule has 0 radical (unpaired) electrons. The minimum atomic E-state index is -1.12. The van der Waals surface area contributed by atoms with Gasteiger partial charge in [0, 0.05) is 6.54 Å². The van der Waals surface area contributed by atoms with Crippen molar-refractivity contribution < 1.29 is 48.0 Å². The molecular formula is C26H39NO10. The summed E-state index contributed by atoms with van der Waals surface area (Å²) in [5.41, 5.74) is 0.480. The Morgan fingerprint density at radius 2 is 1.49 bits per heavy atom. The Morgan fingerprint density at radius 1 is 0.892 bits per heavy atom. The molecule has 2 N–H and O–H groups in total. The second-order valence-corrected chi connectivity index (χ2v) is 8.62. The molecule has 0 aromatic heterocycles. The van der Waals surface area contributed by atoms with Gasteiger partial charge >= 0.3 is 24.2 Å². The smallest absolute Gasteiger partial charge is 0.480 e. The van der Waals surface area contributed by atoms with Crippen LogP contribution in [0.25, 0.3) is 0 Å². The monoisotopic (exact) mass is 525 g/mol. The summed E-state index contributed by atoms with van der Waals surface area (Å²) in [5.74, 6) is -1.88. The fourth-order valence-electron chi connectivity index (χ4n) is 3.15. The third kappa shape index (κ3) is 12.4. The third-order valence-electron chi connectivity index (χ3n) is 5.07. The molecule has 11 nitrogen and oxygen atoms in total. The Hall–Kier alpha value is -3.34. The average molecular weight is 526 g/mol. The van der Waals surface area contributed by atoms with Crippen LogP contribution in [0.4, 0.5) is 9.59 Å². The molecule has 11 heteroatoms. The highest BCUT2D eigenvalue weighted by atomic mass is 16.7. The van der Waals surface area contributed by atoms with Gasteiger partial charge in [-0.1, -0.05) is 40.2 Å². The highest BCUT2D eigenvalue weighted by Crippen LogP contribution is 2.30. The van der Waals surface area contributed by atoms with Crippen LogP contribution < -0.4 is 14.8 Å². The maximum Gasteiger partial charge on any atom is 0.513 e. The molecule has 0 aliphatic carbocycles. The van der Waals surface area contributed by atoms with E-state index in [9.17, 15) is 24.3 Å². The normalized spacial score (nSPS) is 13.1. The molecule has 0 heterocycles. The van der Waals surface area contributed by atoms with Crippen molar-refractivity contribution in [3.05, 3.63) is 23.8 Å². The number of carboxylic acids is 1. The zero-order valence-electron chi connectivity index (χ0n) is 22.2. The van der Waals surface area contributed by atoms with Crippen molar-refractivity contribution in [3.63, 3.8) is 0 Å². The largest absolute Gasteiger partial charge is 0.513 e. The van der Waals surface area contributed by atoms with Crippen molar-refractivity contribution in [2.45, 2.75) is 78.9 Å². The van der Waals surface area contributed by atoms with Crippen LogP contribution in [-0.2, 0) is 30.2 Å². The molecular weight excluding hydrogens is 486 g/mol. The van der Waals surface area contributed by atoms with E-state index in [0.29, 0.717) is 24.8 Å². The second kappa shape index (κ2) is 17.2. The van der Waals surface area contributed by atoms with E-state index in [1.807, 2.05) is 20.8 Å². The molecule has 0 aliphatic rings. The van der Waals surface area contributed by atoms with Gasteiger partial charge in [-0.15, -0.1) is 0 Å². The fraction of sp³-hybridized carbons (Fsp3) is 0.615.